The number of methoxy groups -OCH3 is 2. The van der Waals surface area contributed by atoms with Crippen LogP contribution in [0.1, 0.15) is 5.56 Å². The monoisotopic (exact) mass is 168 g/mol. The van der Waals surface area contributed by atoms with E-state index in [1.54, 1.807) is 6.20 Å². The van der Waals surface area contributed by atoms with Gasteiger partial charge in [-0.1, -0.05) is 0 Å². The van der Waals surface area contributed by atoms with Crippen LogP contribution in [0.4, 0.5) is 5.69 Å². The van der Waals surface area contributed by atoms with Gasteiger partial charge in [-0.3, -0.25) is 0 Å². The van der Waals surface area contributed by atoms with Gasteiger partial charge < -0.3 is 15.2 Å². The van der Waals surface area contributed by atoms with Crippen molar-refractivity contribution < 1.29 is 9.47 Å². The zero-order chi connectivity index (χ0) is 9.14. The maximum atomic E-state index is 5.72. The summed E-state index contributed by atoms with van der Waals surface area (Å²) in [5.74, 6) is 0.915. The lowest BCUT2D eigenvalue weighted by atomic mass is 10.2. The second-order valence-electron chi connectivity index (χ2n) is 2.40. The minimum atomic E-state index is 0.417. The average molecular weight is 168 g/mol. The van der Waals surface area contributed by atoms with E-state index in [1.807, 2.05) is 6.92 Å². The van der Waals surface area contributed by atoms with Crippen molar-refractivity contribution in [3.63, 3.8) is 0 Å². The molecule has 0 aromatic carbocycles. The third-order valence-corrected chi connectivity index (χ3v) is 1.64. The Labute approximate surface area is 71.3 Å². The number of aryl methyl sites for hydroxylation is 1. The SMILES string of the molecule is COc1ncc(C)c(N)c1OC. The van der Waals surface area contributed by atoms with Crippen LogP contribution in [0.5, 0.6) is 11.6 Å². The molecule has 4 nitrogen and oxygen atoms in total. The minimum absolute atomic E-state index is 0.417. The Hall–Kier alpha value is -1.45. The summed E-state index contributed by atoms with van der Waals surface area (Å²) in [6.07, 6.45) is 1.65. The number of aromatic nitrogens is 1. The van der Waals surface area contributed by atoms with Crippen molar-refractivity contribution in [1.82, 2.24) is 4.98 Å². The van der Waals surface area contributed by atoms with Crippen LogP contribution in [-0.4, -0.2) is 19.2 Å². The smallest absolute Gasteiger partial charge is 0.258 e. The van der Waals surface area contributed by atoms with Crippen molar-refractivity contribution >= 4 is 5.69 Å². The topological polar surface area (TPSA) is 57.4 Å². The van der Waals surface area contributed by atoms with E-state index in [0.29, 0.717) is 17.3 Å². The zero-order valence-corrected chi connectivity index (χ0v) is 7.42. The van der Waals surface area contributed by atoms with Crippen molar-refractivity contribution in [2.75, 3.05) is 20.0 Å². The number of hydrogen-bond acceptors (Lipinski definition) is 4. The van der Waals surface area contributed by atoms with Crippen molar-refractivity contribution in [2.45, 2.75) is 6.92 Å². The fraction of sp³-hybridized carbons (Fsp3) is 0.375. The van der Waals surface area contributed by atoms with E-state index in [1.165, 1.54) is 14.2 Å². The first-order valence-corrected chi connectivity index (χ1v) is 3.53. The number of ether oxygens (including phenoxy) is 2. The highest BCUT2D eigenvalue weighted by Gasteiger charge is 2.10. The molecule has 0 aliphatic rings. The van der Waals surface area contributed by atoms with Gasteiger partial charge in [-0.15, -0.1) is 0 Å². The van der Waals surface area contributed by atoms with Crippen molar-refractivity contribution in [3.05, 3.63) is 11.8 Å². The molecule has 0 amide bonds. The van der Waals surface area contributed by atoms with Crippen LogP contribution in [0.3, 0.4) is 0 Å². The second kappa shape index (κ2) is 3.30. The lowest BCUT2D eigenvalue weighted by Crippen LogP contribution is -2.00. The molecular weight excluding hydrogens is 156 g/mol. The van der Waals surface area contributed by atoms with Gasteiger partial charge in [-0.2, -0.15) is 0 Å². The van der Waals surface area contributed by atoms with Gasteiger partial charge in [0.25, 0.3) is 5.88 Å². The van der Waals surface area contributed by atoms with Crippen LogP contribution in [0.15, 0.2) is 6.20 Å². The molecule has 12 heavy (non-hydrogen) atoms. The molecule has 0 radical (unpaired) electrons. The molecule has 0 unspecified atom stereocenters. The molecule has 1 aromatic rings. The molecule has 2 N–H and O–H groups in total. The number of anilines is 1. The maximum absolute atomic E-state index is 5.72. The van der Waals surface area contributed by atoms with Gasteiger partial charge >= 0.3 is 0 Å². The molecular formula is C8H12N2O2. The van der Waals surface area contributed by atoms with Crippen LogP contribution >= 0.6 is 0 Å². The van der Waals surface area contributed by atoms with Crippen LogP contribution in [0.2, 0.25) is 0 Å². The van der Waals surface area contributed by atoms with E-state index < -0.39 is 0 Å². The molecule has 4 heteroatoms. The number of nitrogens with zero attached hydrogens (tertiary/aromatic N) is 1. The first-order chi connectivity index (χ1) is 5.70. The molecule has 0 atom stereocenters. The summed E-state index contributed by atoms with van der Waals surface area (Å²) in [6.45, 7) is 1.87. The van der Waals surface area contributed by atoms with E-state index >= 15 is 0 Å². The number of pyridine rings is 1. The van der Waals surface area contributed by atoms with E-state index in [-0.39, 0.29) is 0 Å². The Morgan fingerprint density at radius 3 is 2.50 bits per heavy atom. The van der Waals surface area contributed by atoms with Crippen LogP contribution < -0.4 is 15.2 Å². The Morgan fingerprint density at radius 1 is 1.33 bits per heavy atom. The van der Waals surface area contributed by atoms with Gasteiger partial charge in [-0.25, -0.2) is 4.98 Å². The fourth-order valence-electron chi connectivity index (χ4n) is 0.921. The molecule has 0 saturated carbocycles. The first kappa shape index (κ1) is 8.64. The predicted molar refractivity (Wildman–Crippen MR) is 46.5 cm³/mol. The number of nitrogen functional groups attached to an aromatic ring is 1. The summed E-state index contributed by atoms with van der Waals surface area (Å²) in [4.78, 5) is 4.00. The lowest BCUT2D eigenvalue weighted by Gasteiger charge is -2.09. The summed E-state index contributed by atoms with van der Waals surface area (Å²) in [5, 5.41) is 0. The summed E-state index contributed by atoms with van der Waals surface area (Å²) in [7, 11) is 3.06. The third kappa shape index (κ3) is 1.28. The third-order valence-electron chi connectivity index (χ3n) is 1.64. The standard InChI is InChI=1S/C8H12N2O2/c1-5-4-10-8(12-3)7(11-2)6(5)9/h4H,1-3H3,(H2,9,10). The molecule has 0 fully saturated rings. The Kier molecular flexibility index (Phi) is 2.38. The highest BCUT2D eigenvalue weighted by atomic mass is 16.5. The molecule has 66 valence electrons. The van der Waals surface area contributed by atoms with Crippen LogP contribution in [0.25, 0.3) is 0 Å². The number of nitrogens with two attached hydrogens (primary N) is 1. The molecule has 0 bridgehead atoms. The van der Waals surface area contributed by atoms with Gasteiger partial charge in [0.05, 0.1) is 19.9 Å². The lowest BCUT2D eigenvalue weighted by molar-refractivity contribution is 0.344. The number of rotatable bonds is 2. The van der Waals surface area contributed by atoms with Gasteiger partial charge in [0, 0.05) is 6.20 Å². The first-order valence-electron chi connectivity index (χ1n) is 3.53. The summed E-state index contributed by atoms with van der Waals surface area (Å²) in [6, 6.07) is 0. The Morgan fingerprint density at radius 2 is 2.00 bits per heavy atom. The van der Waals surface area contributed by atoms with Crippen molar-refractivity contribution in [2.24, 2.45) is 0 Å². The van der Waals surface area contributed by atoms with Crippen LogP contribution in [-0.2, 0) is 0 Å². The van der Waals surface area contributed by atoms with Crippen LogP contribution in [0, 0.1) is 6.92 Å². The number of hydrogen-bond donors (Lipinski definition) is 1. The predicted octanol–water partition coefficient (Wildman–Crippen LogP) is 0.989. The van der Waals surface area contributed by atoms with Gasteiger partial charge in [-0.05, 0) is 12.5 Å². The maximum Gasteiger partial charge on any atom is 0.258 e. The molecule has 1 heterocycles. The average Bonchev–Trinajstić information content (AvgIpc) is 2.09. The molecule has 0 saturated heterocycles. The zero-order valence-electron chi connectivity index (χ0n) is 7.42. The van der Waals surface area contributed by atoms with E-state index in [4.69, 9.17) is 15.2 Å². The summed E-state index contributed by atoms with van der Waals surface area (Å²) < 4.78 is 9.99. The molecule has 0 aliphatic carbocycles. The molecule has 1 aromatic heterocycles. The van der Waals surface area contributed by atoms with E-state index in [0.717, 1.165) is 5.56 Å². The highest BCUT2D eigenvalue weighted by molar-refractivity contribution is 5.61. The van der Waals surface area contributed by atoms with Gasteiger partial charge in [0.15, 0.2) is 0 Å². The Bertz CT molecular complexity index is 287. The largest absolute Gasteiger partial charge is 0.490 e. The summed E-state index contributed by atoms with van der Waals surface area (Å²) >= 11 is 0. The summed E-state index contributed by atoms with van der Waals surface area (Å²) in [5.41, 5.74) is 7.18. The fourth-order valence-corrected chi connectivity index (χ4v) is 0.921. The van der Waals surface area contributed by atoms with Crippen molar-refractivity contribution in [3.8, 4) is 11.6 Å². The molecule has 1 rings (SSSR count). The second-order valence-corrected chi connectivity index (χ2v) is 2.40. The minimum Gasteiger partial charge on any atom is -0.490 e. The molecule has 0 spiro atoms. The van der Waals surface area contributed by atoms with E-state index in [2.05, 4.69) is 4.98 Å². The normalized spacial score (nSPS) is 9.58. The van der Waals surface area contributed by atoms with Crippen molar-refractivity contribution in [1.29, 1.82) is 0 Å². The molecule has 0 aliphatic heterocycles. The van der Waals surface area contributed by atoms with Gasteiger partial charge in [0.2, 0.25) is 5.75 Å². The van der Waals surface area contributed by atoms with Gasteiger partial charge in [0.1, 0.15) is 0 Å². The highest BCUT2D eigenvalue weighted by Crippen LogP contribution is 2.32. The van der Waals surface area contributed by atoms with E-state index in [9.17, 15) is 0 Å². The quantitative estimate of drug-likeness (QED) is 0.715. The Balaban J connectivity index is 3.25.